The number of nitrogens with zero attached hydrogens (tertiary/aromatic N) is 2. The molecule has 3 atom stereocenters. The van der Waals surface area contributed by atoms with Gasteiger partial charge in [-0.2, -0.15) is 0 Å². The Morgan fingerprint density at radius 1 is 1.14 bits per heavy atom. The van der Waals surface area contributed by atoms with E-state index in [1.807, 2.05) is 30.5 Å². The van der Waals surface area contributed by atoms with Crippen molar-refractivity contribution in [2.24, 2.45) is 11.8 Å². The van der Waals surface area contributed by atoms with Gasteiger partial charge in [-0.15, -0.1) is 0 Å². The molecule has 1 saturated heterocycles. The van der Waals surface area contributed by atoms with E-state index < -0.39 is 17.6 Å². The van der Waals surface area contributed by atoms with Crippen LogP contribution >= 0.6 is 0 Å². The van der Waals surface area contributed by atoms with E-state index >= 15 is 0 Å². The van der Waals surface area contributed by atoms with Gasteiger partial charge >= 0.3 is 6.09 Å². The summed E-state index contributed by atoms with van der Waals surface area (Å²) in [6.45, 7) is 2.80. The standard InChI is InChI=1S/C25H28N6O5/c1-26-23(33)17-9-15(11-31(24(17)34)10-14-3-2-4-20-16(14)5-6-27-20)22(32)29-21-18-12-30(13-19(18)21)8-7-28-25(35)36/h2-6,9,11,18-19,21,27-28H,7-8,10,12-13H2,1H3,(H,26,33)(H,29,32)(H,35,36)/t18-,19+,21?. The number of carbonyl (C=O) groups excluding carboxylic acids is 2. The Labute approximate surface area is 206 Å². The number of hydrogen-bond donors (Lipinski definition) is 5. The summed E-state index contributed by atoms with van der Waals surface area (Å²) in [4.78, 5) is 54.6. The Bertz CT molecular complexity index is 1380. The molecular formula is C25H28N6O5. The predicted octanol–water partition coefficient (Wildman–Crippen LogP) is 0.665. The van der Waals surface area contributed by atoms with Crippen LogP contribution in [0.1, 0.15) is 26.3 Å². The number of amides is 3. The van der Waals surface area contributed by atoms with Crippen LogP contribution in [0.4, 0.5) is 4.79 Å². The van der Waals surface area contributed by atoms with Gasteiger partial charge in [-0.25, -0.2) is 4.79 Å². The van der Waals surface area contributed by atoms with Gasteiger partial charge in [0.05, 0.1) is 12.1 Å². The summed E-state index contributed by atoms with van der Waals surface area (Å²) >= 11 is 0. The number of carboxylic acid groups (broad SMARTS) is 1. The van der Waals surface area contributed by atoms with E-state index in [1.54, 1.807) is 0 Å². The van der Waals surface area contributed by atoms with E-state index in [1.165, 1.54) is 23.9 Å². The molecule has 36 heavy (non-hydrogen) atoms. The first-order chi connectivity index (χ1) is 17.4. The highest BCUT2D eigenvalue weighted by atomic mass is 16.4. The maximum atomic E-state index is 13.2. The summed E-state index contributed by atoms with van der Waals surface area (Å²) < 4.78 is 1.41. The Morgan fingerprint density at radius 2 is 1.92 bits per heavy atom. The topological polar surface area (TPSA) is 149 Å². The largest absolute Gasteiger partial charge is 0.465 e. The molecule has 2 aromatic heterocycles. The minimum Gasteiger partial charge on any atom is -0.465 e. The van der Waals surface area contributed by atoms with Crippen LogP contribution < -0.4 is 21.5 Å². The van der Waals surface area contributed by atoms with Gasteiger partial charge in [-0.05, 0) is 35.6 Å². The van der Waals surface area contributed by atoms with Gasteiger partial charge < -0.3 is 35.5 Å². The van der Waals surface area contributed by atoms with Crippen molar-refractivity contribution in [1.82, 2.24) is 30.4 Å². The van der Waals surface area contributed by atoms with Crippen LogP contribution in [0.15, 0.2) is 47.5 Å². The molecule has 3 aromatic rings. The van der Waals surface area contributed by atoms with Crippen molar-refractivity contribution in [3.63, 3.8) is 0 Å². The third kappa shape index (κ3) is 4.57. The first kappa shape index (κ1) is 23.6. The SMILES string of the molecule is CNC(=O)c1cc(C(=O)NC2[C@H]3CN(CCNC(=O)O)C[C@@H]23)cn(Cc2cccc3[nH]ccc23)c1=O. The number of aromatic nitrogens is 2. The molecule has 2 aliphatic rings. The molecule has 1 unspecified atom stereocenters. The molecule has 1 aliphatic heterocycles. The Morgan fingerprint density at radius 3 is 2.64 bits per heavy atom. The lowest BCUT2D eigenvalue weighted by Gasteiger charge is -2.19. The molecule has 3 amide bonds. The molecule has 5 N–H and O–H groups in total. The maximum absolute atomic E-state index is 13.2. The van der Waals surface area contributed by atoms with Crippen LogP contribution in [0.2, 0.25) is 0 Å². The zero-order chi connectivity index (χ0) is 25.4. The molecule has 0 spiro atoms. The first-order valence-corrected chi connectivity index (χ1v) is 11.9. The van der Waals surface area contributed by atoms with Crippen molar-refractivity contribution in [2.45, 2.75) is 12.6 Å². The Kier molecular flexibility index (Phi) is 6.23. The van der Waals surface area contributed by atoms with Crippen molar-refractivity contribution in [3.05, 3.63) is 69.8 Å². The molecule has 1 saturated carbocycles. The number of benzene rings is 1. The summed E-state index contributed by atoms with van der Waals surface area (Å²) in [5.74, 6) is -0.243. The fourth-order valence-corrected chi connectivity index (χ4v) is 5.21. The van der Waals surface area contributed by atoms with Gasteiger partial charge in [-0.1, -0.05) is 12.1 Å². The van der Waals surface area contributed by atoms with Crippen molar-refractivity contribution in [1.29, 1.82) is 0 Å². The number of rotatable bonds is 8. The van der Waals surface area contributed by atoms with Gasteiger partial charge in [0, 0.05) is 62.6 Å². The third-order valence-electron chi connectivity index (χ3n) is 7.12. The monoisotopic (exact) mass is 492 g/mol. The molecule has 5 rings (SSSR count). The highest BCUT2D eigenvalue weighted by molar-refractivity contribution is 5.99. The van der Waals surface area contributed by atoms with Crippen molar-refractivity contribution in [2.75, 3.05) is 33.2 Å². The number of aromatic amines is 1. The molecule has 1 aliphatic carbocycles. The number of nitrogens with one attached hydrogen (secondary N) is 4. The first-order valence-electron chi connectivity index (χ1n) is 11.9. The van der Waals surface area contributed by atoms with Crippen LogP contribution in [0.5, 0.6) is 0 Å². The fourth-order valence-electron chi connectivity index (χ4n) is 5.21. The van der Waals surface area contributed by atoms with Gasteiger partial charge in [0.25, 0.3) is 17.4 Å². The lowest BCUT2D eigenvalue weighted by atomic mass is 10.1. The van der Waals surface area contributed by atoms with Crippen molar-refractivity contribution < 1.29 is 19.5 Å². The second-order valence-electron chi connectivity index (χ2n) is 9.33. The molecule has 11 nitrogen and oxygen atoms in total. The fraction of sp³-hybridized carbons (Fsp3) is 0.360. The van der Waals surface area contributed by atoms with Crippen LogP contribution in [-0.2, 0) is 6.54 Å². The molecule has 1 aromatic carbocycles. The molecule has 2 fully saturated rings. The maximum Gasteiger partial charge on any atom is 0.404 e. The summed E-state index contributed by atoms with van der Waals surface area (Å²) in [6, 6.07) is 9.06. The van der Waals surface area contributed by atoms with Gasteiger partial charge in [0.2, 0.25) is 0 Å². The third-order valence-corrected chi connectivity index (χ3v) is 7.12. The summed E-state index contributed by atoms with van der Waals surface area (Å²) in [7, 11) is 1.45. The van der Waals surface area contributed by atoms with Crippen molar-refractivity contribution >= 4 is 28.8 Å². The van der Waals surface area contributed by atoms with Crippen molar-refractivity contribution in [3.8, 4) is 0 Å². The van der Waals surface area contributed by atoms with E-state index in [0.29, 0.717) is 24.9 Å². The van der Waals surface area contributed by atoms with Gasteiger partial charge in [0.15, 0.2) is 0 Å². The number of fused-ring (bicyclic) bond motifs is 2. The summed E-state index contributed by atoms with van der Waals surface area (Å²) in [5, 5.41) is 17.6. The number of likely N-dealkylation sites (tertiary alicyclic amines) is 1. The summed E-state index contributed by atoms with van der Waals surface area (Å²) in [6.07, 6.45) is 2.30. The lowest BCUT2D eigenvalue weighted by molar-refractivity contribution is 0.0942. The zero-order valence-electron chi connectivity index (χ0n) is 19.8. The molecule has 188 valence electrons. The molecule has 0 bridgehead atoms. The van der Waals surface area contributed by atoms with Crippen LogP contribution in [0.3, 0.4) is 0 Å². The summed E-state index contributed by atoms with van der Waals surface area (Å²) in [5.41, 5.74) is 1.54. The quantitative estimate of drug-likeness (QED) is 0.312. The van der Waals surface area contributed by atoms with E-state index in [9.17, 15) is 19.2 Å². The number of pyridine rings is 1. The number of carbonyl (C=O) groups is 3. The average Bonchev–Trinajstić information content (AvgIpc) is 3.23. The lowest BCUT2D eigenvalue weighted by Crippen LogP contribution is -2.39. The van der Waals surface area contributed by atoms with Gasteiger partial charge in [-0.3, -0.25) is 14.4 Å². The zero-order valence-corrected chi connectivity index (χ0v) is 19.8. The Hall–Kier alpha value is -4.12. The van der Waals surface area contributed by atoms with E-state index in [4.69, 9.17) is 5.11 Å². The van der Waals surface area contributed by atoms with E-state index in [0.717, 1.165) is 29.6 Å². The minimum absolute atomic E-state index is 0.0265. The molecule has 11 heteroatoms. The number of H-pyrrole nitrogens is 1. The molecular weight excluding hydrogens is 464 g/mol. The molecule has 3 heterocycles. The second kappa shape index (κ2) is 9.50. The van der Waals surface area contributed by atoms with E-state index in [2.05, 4.69) is 25.8 Å². The van der Waals surface area contributed by atoms with Gasteiger partial charge in [0.1, 0.15) is 5.56 Å². The van der Waals surface area contributed by atoms with Crippen LogP contribution in [0.25, 0.3) is 10.9 Å². The second-order valence-corrected chi connectivity index (χ2v) is 9.33. The van der Waals surface area contributed by atoms with E-state index in [-0.39, 0.29) is 29.6 Å². The smallest absolute Gasteiger partial charge is 0.404 e. The van der Waals surface area contributed by atoms with Crippen LogP contribution in [-0.4, -0.2) is 76.7 Å². The highest BCUT2D eigenvalue weighted by Crippen LogP contribution is 2.45. The highest BCUT2D eigenvalue weighted by Gasteiger charge is 2.56. The normalized spacial score (nSPS) is 20.6. The number of piperidine rings is 1. The average molecular weight is 493 g/mol. The molecule has 0 radical (unpaired) electrons. The van der Waals surface area contributed by atoms with Crippen LogP contribution in [0, 0.1) is 11.8 Å². The predicted molar refractivity (Wildman–Crippen MR) is 132 cm³/mol. The minimum atomic E-state index is -1.04. The number of hydrogen-bond acceptors (Lipinski definition) is 5. The Balaban J connectivity index is 1.31.